The van der Waals surface area contributed by atoms with Crippen LogP contribution in [0.15, 0.2) is 30.5 Å². The lowest BCUT2D eigenvalue weighted by Crippen LogP contribution is -2.38. The lowest BCUT2D eigenvalue weighted by molar-refractivity contribution is 0.0633. The highest BCUT2D eigenvalue weighted by atomic mass is 32.1. The van der Waals surface area contributed by atoms with Crippen LogP contribution in [0, 0.1) is 0 Å². The van der Waals surface area contributed by atoms with Gasteiger partial charge in [-0.3, -0.25) is 4.79 Å². The van der Waals surface area contributed by atoms with E-state index in [2.05, 4.69) is 37.9 Å². The van der Waals surface area contributed by atoms with Crippen LogP contribution < -0.4 is 0 Å². The number of carbonyl (C=O) groups is 1. The molecular weight excluding hydrogens is 282 g/mol. The van der Waals surface area contributed by atoms with Gasteiger partial charge in [-0.2, -0.15) is 8.75 Å². The summed E-state index contributed by atoms with van der Waals surface area (Å²) in [4.78, 5) is 14.9. The Balaban J connectivity index is 1.71. The quantitative estimate of drug-likeness (QED) is 0.874. The first-order valence-electron chi connectivity index (χ1n) is 7.52. The Hall–Kier alpha value is -1.75. The van der Waals surface area contributed by atoms with Gasteiger partial charge in [0.2, 0.25) is 0 Å². The van der Waals surface area contributed by atoms with Crippen LogP contribution in [0.3, 0.4) is 0 Å². The molecule has 0 N–H and O–H groups in total. The van der Waals surface area contributed by atoms with Crippen molar-refractivity contribution in [2.45, 2.75) is 44.2 Å². The van der Waals surface area contributed by atoms with Gasteiger partial charge in [-0.15, -0.1) is 0 Å². The molecule has 4 nitrogen and oxygen atoms in total. The van der Waals surface area contributed by atoms with Crippen molar-refractivity contribution in [2.75, 3.05) is 0 Å². The molecular formula is C16H17N3OS. The molecule has 2 aliphatic carbocycles. The fourth-order valence-corrected chi connectivity index (χ4v) is 3.73. The second-order valence-corrected chi connectivity index (χ2v) is 6.40. The van der Waals surface area contributed by atoms with Crippen LogP contribution in [0.25, 0.3) is 0 Å². The maximum atomic E-state index is 12.8. The maximum absolute atomic E-state index is 12.8. The molecule has 1 atom stereocenters. The van der Waals surface area contributed by atoms with Gasteiger partial charge < -0.3 is 4.90 Å². The molecule has 1 unspecified atom stereocenters. The molecule has 0 saturated heterocycles. The molecule has 108 valence electrons. The molecule has 0 spiro atoms. The number of amides is 1. The van der Waals surface area contributed by atoms with Gasteiger partial charge in [0.05, 0.1) is 24.0 Å². The first kappa shape index (κ1) is 13.0. The topological polar surface area (TPSA) is 46.1 Å². The van der Waals surface area contributed by atoms with Crippen molar-refractivity contribution in [3.05, 3.63) is 47.3 Å². The zero-order valence-electron chi connectivity index (χ0n) is 11.7. The number of aryl methyl sites for hydroxylation is 1. The van der Waals surface area contributed by atoms with Crippen LogP contribution in [0.4, 0.5) is 0 Å². The summed E-state index contributed by atoms with van der Waals surface area (Å²) < 4.78 is 8.12. The Labute approximate surface area is 128 Å². The molecule has 1 aromatic heterocycles. The minimum absolute atomic E-state index is 0.0490. The van der Waals surface area contributed by atoms with E-state index < -0.39 is 0 Å². The molecule has 2 aromatic rings. The molecule has 1 heterocycles. The van der Waals surface area contributed by atoms with Crippen LogP contribution in [0.5, 0.6) is 0 Å². The maximum Gasteiger partial charge on any atom is 0.276 e. The number of nitrogens with zero attached hydrogens (tertiary/aromatic N) is 3. The molecule has 0 aliphatic heterocycles. The van der Waals surface area contributed by atoms with E-state index in [0.29, 0.717) is 11.7 Å². The average Bonchev–Trinajstić information content (AvgIpc) is 3.20. The van der Waals surface area contributed by atoms with Gasteiger partial charge in [0.1, 0.15) is 0 Å². The Morgan fingerprint density at radius 3 is 2.86 bits per heavy atom. The fraction of sp³-hybridized carbons (Fsp3) is 0.438. The van der Waals surface area contributed by atoms with Crippen LogP contribution in [0.1, 0.15) is 53.3 Å². The Bertz CT molecular complexity index is 651. The van der Waals surface area contributed by atoms with E-state index in [9.17, 15) is 4.79 Å². The van der Waals surface area contributed by atoms with Gasteiger partial charge in [0.25, 0.3) is 5.91 Å². The van der Waals surface area contributed by atoms with E-state index in [0.717, 1.165) is 43.8 Å². The van der Waals surface area contributed by atoms with Gasteiger partial charge in [0, 0.05) is 6.04 Å². The smallest absolute Gasteiger partial charge is 0.276 e. The SMILES string of the molecule is O=C(c1cnsn1)N(C1CC1)C1CCCc2ccccc21. The highest BCUT2D eigenvalue weighted by Crippen LogP contribution is 2.41. The third kappa shape index (κ3) is 2.35. The molecule has 5 heteroatoms. The summed E-state index contributed by atoms with van der Waals surface area (Å²) in [5.74, 6) is 0.0490. The van der Waals surface area contributed by atoms with Crippen molar-refractivity contribution < 1.29 is 4.79 Å². The zero-order chi connectivity index (χ0) is 14.2. The summed E-state index contributed by atoms with van der Waals surface area (Å²) >= 11 is 1.10. The van der Waals surface area contributed by atoms with Crippen molar-refractivity contribution in [3.8, 4) is 0 Å². The van der Waals surface area contributed by atoms with Gasteiger partial charge >= 0.3 is 0 Å². The number of rotatable bonds is 3. The largest absolute Gasteiger partial charge is 0.327 e. The number of hydrogen-bond acceptors (Lipinski definition) is 4. The molecule has 1 aromatic carbocycles. The van der Waals surface area contributed by atoms with E-state index in [1.54, 1.807) is 6.20 Å². The number of benzene rings is 1. The normalized spacial score (nSPS) is 20.9. The summed E-state index contributed by atoms with van der Waals surface area (Å²) in [7, 11) is 0. The van der Waals surface area contributed by atoms with Gasteiger partial charge in [0.15, 0.2) is 5.69 Å². The molecule has 2 aliphatic rings. The third-order valence-electron chi connectivity index (χ3n) is 4.43. The van der Waals surface area contributed by atoms with E-state index in [1.807, 2.05) is 0 Å². The average molecular weight is 299 g/mol. The van der Waals surface area contributed by atoms with Crippen LogP contribution in [-0.2, 0) is 6.42 Å². The molecule has 1 saturated carbocycles. The second kappa shape index (κ2) is 5.22. The van der Waals surface area contributed by atoms with E-state index in [4.69, 9.17) is 0 Å². The first-order chi connectivity index (χ1) is 10.3. The Morgan fingerprint density at radius 2 is 2.10 bits per heavy atom. The molecule has 0 bridgehead atoms. The standard InChI is InChI=1S/C16H17N3OS/c20-16(14-10-17-21-18-14)19(12-8-9-12)15-7-3-5-11-4-1-2-6-13(11)15/h1-2,4,6,10,12,15H,3,5,7-9H2. The van der Waals surface area contributed by atoms with Gasteiger partial charge in [-0.1, -0.05) is 24.3 Å². The van der Waals surface area contributed by atoms with Gasteiger partial charge in [-0.25, -0.2) is 0 Å². The third-order valence-corrected chi connectivity index (χ3v) is 4.91. The highest BCUT2D eigenvalue weighted by Gasteiger charge is 2.40. The van der Waals surface area contributed by atoms with Crippen LogP contribution in [-0.4, -0.2) is 25.6 Å². The van der Waals surface area contributed by atoms with Crippen molar-refractivity contribution in [3.63, 3.8) is 0 Å². The van der Waals surface area contributed by atoms with Crippen LogP contribution >= 0.6 is 11.7 Å². The number of hydrogen-bond donors (Lipinski definition) is 0. The lowest BCUT2D eigenvalue weighted by Gasteiger charge is -2.35. The summed E-state index contributed by atoms with van der Waals surface area (Å²) in [6.07, 6.45) is 7.14. The number of carbonyl (C=O) groups excluding carboxylic acids is 1. The van der Waals surface area contributed by atoms with Crippen molar-refractivity contribution in [1.29, 1.82) is 0 Å². The molecule has 0 radical (unpaired) electrons. The first-order valence-corrected chi connectivity index (χ1v) is 8.25. The van der Waals surface area contributed by atoms with Gasteiger partial charge in [-0.05, 0) is 43.2 Å². The second-order valence-electron chi connectivity index (χ2n) is 5.84. The summed E-state index contributed by atoms with van der Waals surface area (Å²) in [5, 5.41) is 0. The minimum atomic E-state index is 0.0490. The lowest BCUT2D eigenvalue weighted by atomic mass is 9.86. The fourth-order valence-electron chi connectivity index (χ4n) is 3.32. The summed E-state index contributed by atoms with van der Waals surface area (Å²) in [6, 6.07) is 9.14. The zero-order valence-corrected chi connectivity index (χ0v) is 12.6. The predicted molar refractivity (Wildman–Crippen MR) is 81.2 cm³/mol. The van der Waals surface area contributed by atoms with Crippen LogP contribution in [0.2, 0.25) is 0 Å². The Kier molecular flexibility index (Phi) is 3.22. The van der Waals surface area contributed by atoms with Crippen molar-refractivity contribution in [2.24, 2.45) is 0 Å². The van der Waals surface area contributed by atoms with E-state index in [1.165, 1.54) is 11.1 Å². The molecule has 21 heavy (non-hydrogen) atoms. The summed E-state index contributed by atoms with van der Waals surface area (Å²) in [6.45, 7) is 0. The number of aromatic nitrogens is 2. The van der Waals surface area contributed by atoms with E-state index >= 15 is 0 Å². The monoisotopic (exact) mass is 299 g/mol. The predicted octanol–water partition coefficient (Wildman–Crippen LogP) is 3.22. The highest BCUT2D eigenvalue weighted by molar-refractivity contribution is 6.99. The summed E-state index contributed by atoms with van der Waals surface area (Å²) in [5.41, 5.74) is 3.21. The number of fused-ring (bicyclic) bond motifs is 1. The molecule has 1 amide bonds. The molecule has 1 fully saturated rings. The minimum Gasteiger partial charge on any atom is -0.327 e. The Morgan fingerprint density at radius 1 is 1.24 bits per heavy atom. The molecule has 4 rings (SSSR count). The van der Waals surface area contributed by atoms with Crippen molar-refractivity contribution in [1.82, 2.24) is 13.6 Å². The van der Waals surface area contributed by atoms with E-state index in [-0.39, 0.29) is 11.9 Å². The van der Waals surface area contributed by atoms with Crippen molar-refractivity contribution >= 4 is 17.6 Å².